The minimum atomic E-state index is 0.515. The van der Waals surface area contributed by atoms with Crippen LogP contribution in [-0.2, 0) is 6.42 Å². The molecule has 15 heavy (non-hydrogen) atoms. The normalized spacial score (nSPS) is 10.5. The molecule has 0 saturated heterocycles. The standard InChI is InChI=1S/C12H20N2O/c1-4-10-6-5-7-11(12(10)14-13)15-8-9(2)3/h5-7,9,14H,4,8,13H2,1-3H3. The lowest BCUT2D eigenvalue weighted by Gasteiger charge is -2.15. The van der Waals surface area contributed by atoms with Crippen molar-refractivity contribution in [1.82, 2.24) is 0 Å². The molecule has 0 bridgehead atoms. The van der Waals surface area contributed by atoms with Gasteiger partial charge in [0.2, 0.25) is 0 Å². The lowest BCUT2D eigenvalue weighted by molar-refractivity contribution is 0.272. The Morgan fingerprint density at radius 1 is 1.40 bits per heavy atom. The van der Waals surface area contributed by atoms with Crippen molar-refractivity contribution in [3.8, 4) is 5.75 Å². The van der Waals surface area contributed by atoms with E-state index in [1.165, 1.54) is 5.56 Å². The highest BCUT2D eigenvalue weighted by Crippen LogP contribution is 2.28. The number of nitrogens with two attached hydrogens (primary N) is 1. The van der Waals surface area contributed by atoms with E-state index >= 15 is 0 Å². The lowest BCUT2D eigenvalue weighted by atomic mass is 10.1. The van der Waals surface area contributed by atoms with Crippen molar-refractivity contribution in [1.29, 1.82) is 0 Å². The van der Waals surface area contributed by atoms with Gasteiger partial charge >= 0.3 is 0 Å². The Labute approximate surface area is 91.6 Å². The zero-order valence-corrected chi connectivity index (χ0v) is 9.71. The fraction of sp³-hybridized carbons (Fsp3) is 0.500. The third kappa shape index (κ3) is 3.13. The number of nitrogen functional groups attached to an aromatic ring is 1. The van der Waals surface area contributed by atoms with Crippen LogP contribution in [0.15, 0.2) is 18.2 Å². The van der Waals surface area contributed by atoms with E-state index in [0.29, 0.717) is 12.5 Å². The van der Waals surface area contributed by atoms with Crippen LogP contribution in [-0.4, -0.2) is 6.61 Å². The van der Waals surface area contributed by atoms with E-state index < -0.39 is 0 Å². The average molecular weight is 208 g/mol. The SMILES string of the molecule is CCc1cccc(OCC(C)C)c1NN. The number of anilines is 1. The molecule has 3 nitrogen and oxygen atoms in total. The highest BCUT2D eigenvalue weighted by atomic mass is 16.5. The van der Waals surface area contributed by atoms with Crippen LogP contribution in [0.3, 0.4) is 0 Å². The van der Waals surface area contributed by atoms with Crippen molar-refractivity contribution >= 4 is 5.69 Å². The second-order valence-corrected chi connectivity index (χ2v) is 3.99. The highest BCUT2D eigenvalue weighted by Gasteiger charge is 2.07. The minimum Gasteiger partial charge on any atom is -0.491 e. The number of ether oxygens (including phenoxy) is 1. The van der Waals surface area contributed by atoms with Crippen molar-refractivity contribution in [2.24, 2.45) is 11.8 Å². The third-order valence-electron chi connectivity index (χ3n) is 2.21. The number of nitrogens with one attached hydrogen (secondary N) is 1. The van der Waals surface area contributed by atoms with Gasteiger partial charge in [-0.25, -0.2) is 0 Å². The van der Waals surface area contributed by atoms with Gasteiger partial charge in [-0.1, -0.05) is 32.9 Å². The van der Waals surface area contributed by atoms with Crippen LogP contribution in [0.2, 0.25) is 0 Å². The molecule has 0 aromatic heterocycles. The van der Waals surface area contributed by atoms with Gasteiger partial charge in [0, 0.05) is 0 Å². The van der Waals surface area contributed by atoms with Gasteiger partial charge in [-0.05, 0) is 24.0 Å². The van der Waals surface area contributed by atoms with E-state index in [9.17, 15) is 0 Å². The van der Waals surface area contributed by atoms with Crippen molar-refractivity contribution in [2.45, 2.75) is 27.2 Å². The predicted octanol–water partition coefficient (Wildman–Crippen LogP) is 2.57. The van der Waals surface area contributed by atoms with Gasteiger partial charge in [-0.15, -0.1) is 0 Å². The van der Waals surface area contributed by atoms with E-state index in [4.69, 9.17) is 10.6 Å². The van der Waals surface area contributed by atoms with Gasteiger partial charge in [0.25, 0.3) is 0 Å². The summed E-state index contributed by atoms with van der Waals surface area (Å²) < 4.78 is 5.69. The Balaban J connectivity index is 2.86. The van der Waals surface area contributed by atoms with E-state index in [2.05, 4.69) is 32.3 Å². The zero-order chi connectivity index (χ0) is 11.3. The number of para-hydroxylation sites is 1. The van der Waals surface area contributed by atoms with Crippen LogP contribution in [0.5, 0.6) is 5.75 Å². The molecule has 3 N–H and O–H groups in total. The Hall–Kier alpha value is -1.22. The maximum absolute atomic E-state index is 5.69. The Morgan fingerprint density at radius 2 is 2.13 bits per heavy atom. The number of rotatable bonds is 5. The molecule has 0 fully saturated rings. The summed E-state index contributed by atoms with van der Waals surface area (Å²) in [5.41, 5.74) is 4.80. The smallest absolute Gasteiger partial charge is 0.143 e. The van der Waals surface area contributed by atoms with E-state index in [0.717, 1.165) is 17.9 Å². The second-order valence-electron chi connectivity index (χ2n) is 3.99. The molecule has 1 aromatic carbocycles. The highest BCUT2D eigenvalue weighted by molar-refractivity contribution is 5.61. The molecule has 0 aliphatic carbocycles. The first-order chi connectivity index (χ1) is 7.19. The summed E-state index contributed by atoms with van der Waals surface area (Å²) in [6, 6.07) is 5.99. The number of hydrazine groups is 1. The van der Waals surface area contributed by atoms with Crippen molar-refractivity contribution in [3.05, 3.63) is 23.8 Å². The summed E-state index contributed by atoms with van der Waals surface area (Å²) in [6.07, 6.45) is 0.943. The summed E-state index contributed by atoms with van der Waals surface area (Å²) in [5.74, 6) is 6.86. The number of aryl methyl sites for hydroxylation is 1. The topological polar surface area (TPSA) is 47.3 Å². The van der Waals surface area contributed by atoms with Crippen LogP contribution < -0.4 is 16.0 Å². The molecular formula is C12H20N2O. The Kier molecular flexibility index (Phi) is 4.43. The molecular weight excluding hydrogens is 188 g/mol. The largest absolute Gasteiger partial charge is 0.491 e. The van der Waals surface area contributed by atoms with Gasteiger partial charge in [-0.2, -0.15) is 0 Å². The van der Waals surface area contributed by atoms with Gasteiger partial charge in [-0.3, -0.25) is 5.84 Å². The Bertz CT molecular complexity index is 310. The molecule has 1 rings (SSSR count). The number of benzene rings is 1. The average Bonchev–Trinajstić information content (AvgIpc) is 2.25. The summed E-state index contributed by atoms with van der Waals surface area (Å²) >= 11 is 0. The number of hydrogen-bond donors (Lipinski definition) is 2. The first-order valence-electron chi connectivity index (χ1n) is 5.40. The van der Waals surface area contributed by atoms with Crippen molar-refractivity contribution < 1.29 is 4.74 Å². The first-order valence-corrected chi connectivity index (χ1v) is 5.40. The van der Waals surface area contributed by atoms with Gasteiger partial charge in [0.1, 0.15) is 5.75 Å². The molecule has 0 atom stereocenters. The predicted molar refractivity (Wildman–Crippen MR) is 64.0 cm³/mol. The molecule has 0 saturated carbocycles. The van der Waals surface area contributed by atoms with E-state index in [1.54, 1.807) is 0 Å². The van der Waals surface area contributed by atoms with Gasteiger partial charge < -0.3 is 10.2 Å². The second kappa shape index (κ2) is 5.61. The molecule has 0 unspecified atom stereocenters. The Morgan fingerprint density at radius 3 is 2.67 bits per heavy atom. The zero-order valence-electron chi connectivity index (χ0n) is 9.71. The molecule has 0 spiro atoms. The molecule has 0 radical (unpaired) electrons. The van der Waals surface area contributed by atoms with Crippen LogP contribution >= 0.6 is 0 Å². The van der Waals surface area contributed by atoms with Crippen LogP contribution in [0, 0.1) is 5.92 Å². The van der Waals surface area contributed by atoms with Crippen molar-refractivity contribution in [2.75, 3.05) is 12.0 Å². The summed E-state index contributed by atoms with van der Waals surface area (Å²) in [7, 11) is 0. The quantitative estimate of drug-likeness (QED) is 0.577. The molecule has 0 amide bonds. The maximum atomic E-state index is 5.69. The summed E-state index contributed by atoms with van der Waals surface area (Å²) in [6.45, 7) is 7.06. The first kappa shape index (κ1) is 11.9. The summed E-state index contributed by atoms with van der Waals surface area (Å²) in [5, 5.41) is 0. The fourth-order valence-corrected chi connectivity index (χ4v) is 1.41. The monoisotopic (exact) mass is 208 g/mol. The lowest BCUT2D eigenvalue weighted by Crippen LogP contribution is -2.12. The van der Waals surface area contributed by atoms with Crippen LogP contribution in [0.4, 0.5) is 5.69 Å². The summed E-state index contributed by atoms with van der Waals surface area (Å²) in [4.78, 5) is 0. The molecule has 0 aliphatic rings. The molecule has 0 heterocycles. The van der Waals surface area contributed by atoms with E-state index in [1.807, 2.05) is 12.1 Å². The molecule has 84 valence electrons. The van der Waals surface area contributed by atoms with Crippen LogP contribution in [0.25, 0.3) is 0 Å². The van der Waals surface area contributed by atoms with Gasteiger partial charge in [0.05, 0.1) is 12.3 Å². The third-order valence-corrected chi connectivity index (χ3v) is 2.21. The van der Waals surface area contributed by atoms with Gasteiger partial charge in [0.15, 0.2) is 0 Å². The molecule has 0 aliphatic heterocycles. The maximum Gasteiger partial charge on any atom is 0.143 e. The minimum absolute atomic E-state index is 0.515. The fourth-order valence-electron chi connectivity index (χ4n) is 1.41. The van der Waals surface area contributed by atoms with E-state index in [-0.39, 0.29) is 0 Å². The molecule has 3 heteroatoms. The molecule has 1 aromatic rings. The number of hydrogen-bond acceptors (Lipinski definition) is 3. The van der Waals surface area contributed by atoms with Crippen molar-refractivity contribution in [3.63, 3.8) is 0 Å². The van der Waals surface area contributed by atoms with Crippen LogP contribution in [0.1, 0.15) is 26.3 Å².